The van der Waals surface area contributed by atoms with E-state index in [1.54, 1.807) is 47.0 Å². The van der Waals surface area contributed by atoms with Crippen molar-refractivity contribution in [3.05, 3.63) is 58.8 Å². The SMILES string of the molecule is CC(C)COS(=O)(=O)c1cccs1.CS(=O)(=O)c1cccc(-c2ccc(CN)s2)c1. The Labute approximate surface area is 186 Å². The number of benzene rings is 1. The molecule has 3 aromatic rings. The van der Waals surface area contributed by atoms with Gasteiger partial charge in [0.15, 0.2) is 9.84 Å². The summed E-state index contributed by atoms with van der Waals surface area (Å²) in [6, 6.07) is 14.1. The predicted molar refractivity (Wildman–Crippen MR) is 123 cm³/mol. The molecular weight excluding hydrogens is 462 g/mol. The van der Waals surface area contributed by atoms with Crippen LogP contribution in [0.2, 0.25) is 0 Å². The quantitative estimate of drug-likeness (QED) is 0.496. The van der Waals surface area contributed by atoms with Gasteiger partial charge in [0.25, 0.3) is 0 Å². The summed E-state index contributed by atoms with van der Waals surface area (Å²) in [5.41, 5.74) is 6.47. The van der Waals surface area contributed by atoms with Crippen molar-refractivity contribution in [2.24, 2.45) is 11.7 Å². The Bertz CT molecular complexity index is 1150. The predicted octanol–water partition coefficient (Wildman–Crippen LogP) is 4.39. The lowest BCUT2D eigenvalue weighted by molar-refractivity contribution is 0.276. The minimum absolute atomic E-state index is 0.217. The Kier molecular flexibility index (Phi) is 8.77. The summed E-state index contributed by atoms with van der Waals surface area (Å²) in [5.74, 6) is 0.217. The van der Waals surface area contributed by atoms with Crippen molar-refractivity contribution in [1.29, 1.82) is 0 Å². The second-order valence-electron chi connectivity index (χ2n) is 6.83. The van der Waals surface area contributed by atoms with Gasteiger partial charge in [-0.15, -0.1) is 22.7 Å². The lowest BCUT2D eigenvalue weighted by atomic mass is 10.2. The van der Waals surface area contributed by atoms with Gasteiger partial charge in [-0.05, 0) is 47.2 Å². The maximum atomic E-state index is 11.5. The van der Waals surface area contributed by atoms with Gasteiger partial charge in [-0.2, -0.15) is 8.42 Å². The summed E-state index contributed by atoms with van der Waals surface area (Å²) in [5, 5.41) is 1.71. The molecule has 0 fully saturated rings. The molecule has 0 atom stereocenters. The average Bonchev–Trinajstić information content (AvgIpc) is 3.38. The molecule has 0 saturated carbocycles. The molecule has 30 heavy (non-hydrogen) atoms. The smallest absolute Gasteiger partial charge is 0.306 e. The highest BCUT2D eigenvalue weighted by Gasteiger charge is 2.16. The van der Waals surface area contributed by atoms with Crippen LogP contribution in [0.15, 0.2) is 63.0 Å². The van der Waals surface area contributed by atoms with Gasteiger partial charge in [0.05, 0.1) is 11.5 Å². The van der Waals surface area contributed by atoms with Gasteiger partial charge in [0, 0.05) is 22.6 Å². The van der Waals surface area contributed by atoms with Crippen molar-refractivity contribution in [2.75, 3.05) is 12.9 Å². The summed E-state index contributed by atoms with van der Waals surface area (Å²) in [4.78, 5) is 2.47. The van der Waals surface area contributed by atoms with Gasteiger partial charge in [-0.3, -0.25) is 4.18 Å². The van der Waals surface area contributed by atoms with Gasteiger partial charge in [0.2, 0.25) is 0 Å². The molecule has 164 valence electrons. The van der Waals surface area contributed by atoms with Crippen LogP contribution in [0.4, 0.5) is 0 Å². The van der Waals surface area contributed by atoms with E-state index < -0.39 is 20.0 Å². The molecule has 0 radical (unpaired) electrons. The summed E-state index contributed by atoms with van der Waals surface area (Å²) in [6.07, 6.45) is 1.21. The molecule has 2 N–H and O–H groups in total. The van der Waals surface area contributed by atoms with E-state index in [0.29, 0.717) is 11.4 Å². The number of rotatable bonds is 7. The second kappa shape index (κ2) is 10.7. The van der Waals surface area contributed by atoms with Crippen LogP contribution >= 0.6 is 22.7 Å². The number of sulfone groups is 1. The monoisotopic (exact) mass is 487 g/mol. The zero-order valence-corrected chi connectivity index (χ0v) is 20.2. The van der Waals surface area contributed by atoms with Crippen LogP contribution in [-0.2, 0) is 30.7 Å². The first-order chi connectivity index (χ1) is 14.0. The van der Waals surface area contributed by atoms with Gasteiger partial charge in [-0.1, -0.05) is 32.0 Å². The highest BCUT2D eigenvalue weighted by atomic mass is 32.3. The fourth-order valence-corrected chi connectivity index (χ4v) is 5.81. The third kappa shape index (κ3) is 7.29. The first-order valence-electron chi connectivity index (χ1n) is 9.05. The van der Waals surface area contributed by atoms with Crippen LogP contribution in [0.25, 0.3) is 10.4 Å². The Hall–Kier alpha value is -1.56. The third-order valence-electron chi connectivity index (χ3n) is 3.71. The summed E-state index contributed by atoms with van der Waals surface area (Å²) < 4.78 is 50.8. The molecule has 0 bridgehead atoms. The molecule has 0 aliphatic carbocycles. The van der Waals surface area contributed by atoms with Crippen molar-refractivity contribution in [2.45, 2.75) is 29.5 Å². The van der Waals surface area contributed by atoms with Crippen molar-refractivity contribution in [3.8, 4) is 10.4 Å². The largest absolute Gasteiger partial charge is 0.326 e. The maximum absolute atomic E-state index is 11.5. The number of thiophene rings is 2. The van der Waals surface area contributed by atoms with Crippen molar-refractivity contribution < 1.29 is 21.0 Å². The fourth-order valence-electron chi connectivity index (χ4n) is 2.21. The highest BCUT2D eigenvalue weighted by molar-refractivity contribution is 7.90. The molecule has 3 rings (SSSR count). The normalized spacial score (nSPS) is 11.9. The highest BCUT2D eigenvalue weighted by Crippen LogP contribution is 2.29. The van der Waals surface area contributed by atoms with Crippen molar-refractivity contribution in [1.82, 2.24) is 0 Å². The minimum atomic E-state index is -3.49. The second-order valence-corrected chi connectivity index (χ2v) is 12.8. The van der Waals surface area contributed by atoms with Crippen molar-refractivity contribution >= 4 is 42.6 Å². The van der Waals surface area contributed by atoms with E-state index in [4.69, 9.17) is 9.92 Å². The fraction of sp³-hybridized carbons (Fsp3) is 0.300. The third-order valence-corrected chi connectivity index (χ3v) is 8.61. The molecule has 0 unspecified atom stereocenters. The molecule has 0 amide bonds. The van der Waals surface area contributed by atoms with Crippen LogP contribution in [0.3, 0.4) is 0 Å². The van der Waals surface area contributed by atoms with E-state index in [1.165, 1.54) is 17.6 Å². The lowest BCUT2D eigenvalue weighted by Crippen LogP contribution is -2.09. The molecule has 0 spiro atoms. The van der Waals surface area contributed by atoms with Gasteiger partial charge < -0.3 is 5.73 Å². The zero-order chi connectivity index (χ0) is 22.4. The minimum Gasteiger partial charge on any atom is -0.326 e. The lowest BCUT2D eigenvalue weighted by Gasteiger charge is -2.05. The Morgan fingerprint density at radius 3 is 2.30 bits per heavy atom. The Balaban J connectivity index is 0.000000222. The van der Waals surface area contributed by atoms with Crippen LogP contribution in [-0.4, -0.2) is 29.7 Å². The average molecular weight is 488 g/mol. The molecule has 10 heteroatoms. The zero-order valence-electron chi connectivity index (χ0n) is 16.9. The summed E-state index contributed by atoms with van der Waals surface area (Å²) in [7, 11) is -6.65. The standard InChI is InChI=1S/C12H13NO2S2.C8H12O3S2/c1-17(14,15)11-4-2-3-9(7-11)12-6-5-10(8-13)16-12;1-7(2)6-11-13(9,10)8-4-3-5-12-8/h2-7H,8,13H2,1H3;3-5,7H,6H2,1-2H3. The van der Waals surface area contributed by atoms with E-state index in [1.807, 2.05) is 32.0 Å². The molecule has 6 nitrogen and oxygen atoms in total. The molecule has 0 saturated heterocycles. The Morgan fingerprint density at radius 2 is 1.77 bits per heavy atom. The maximum Gasteiger partial charge on any atom is 0.306 e. The van der Waals surface area contributed by atoms with E-state index >= 15 is 0 Å². The molecule has 0 aliphatic heterocycles. The molecule has 0 aliphatic rings. The van der Waals surface area contributed by atoms with Gasteiger partial charge in [0.1, 0.15) is 4.21 Å². The molecule has 2 heterocycles. The van der Waals surface area contributed by atoms with E-state index in [-0.39, 0.29) is 16.7 Å². The van der Waals surface area contributed by atoms with Crippen LogP contribution in [0, 0.1) is 5.92 Å². The molecule has 2 aromatic heterocycles. The molecule has 1 aromatic carbocycles. The molecular formula is C20H25NO5S4. The number of hydrogen-bond acceptors (Lipinski definition) is 8. The first-order valence-corrected chi connectivity index (χ1v) is 14.0. The first kappa shape index (κ1) is 24.7. The van der Waals surface area contributed by atoms with E-state index in [9.17, 15) is 16.8 Å². The van der Waals surface area contributed by atoms with Gasteiger partial charge >= 0.3 is 10.1 Å². The van der Waals surface area contributed by atoms with Crippen molar-refractivity contribution in [3.63, 3.8) is 0 Å². The number of hydrogen-bond donors (Lipinski definition) is 1. The van der Waals surface area contributed by atoms with Crippen LogP contribution < -0.4 is 5.73 Å². The van der Waals surface area contributed by atoms with E-state index in [0.717, 1.165) is 15.3 Å². The van der Waals surface area contributed by atoms with E-state index in [2.05, 4.69) is 0 Å². The van der Waals surface area contributed by atoms with Crippen LogP contribution in [0.5, 0.6) is 0 Å². The summed E-state index contributed by atoms with van der Waals surface area (Å²) >= 11 is 2.75. The van der Waals surface area contributed by atoms with Gasteiger partial charge in [-0.25, -0.2) is 8.42 Å². The number of nitrogens with two attached hydrogens (primary N) is 1. The topological polar surface area (TPSA) is 104 Å². The summed E-state index contributed by atoms with van der Waals surface area (Å²) in [6.45, 7) is 4.56. The Morgan fingerprint density at radius 1 is 1.03 bits per heavy atom. The van der Waals surface area contributed by atoms with Crippen LogP contribution in [0.1, 0.15) is 18.7 Å².